The second-order valence-corrected chi connectivity index (χ2v) is 4.41. The van der Waals surface area contributed by atoms with Crippen LogP contribution in [0.4, 0.5) is 5.69 Å². The lowest BCUT2D eigenvalue weighted by Crippen LogP contribution is -2.16. The molecule has 0 aliphatic heterocycles. The molecule has 0 aromatic heterocycles. The molecule has 8 nitrogen and oxygen atoms in total. The minimum atomic E-state index is -4.06. The van der Waals surface area contributed by atoms with Gasteiger partial charge < -0.3 is 5.73 Å². The normalized spacial score (nSPS) is 11.1. The first-order chi connectivity index (χ1) is 7.23. The third kappa shape index (κ3) is 2.32. The smallest absolute Gasteiger partial charge is 0.283 e. The number of amides is 1. The van der Waals surface area contributed by atoms with Gasteiger partial charge in [0.2, 0.25) is 10.0 Å². The number of carbonyl (C=O) groups excluding carboxylic acids is 1. The zero-order valence-corrected chi connectivity index (χ0v) is 8.60. The molecule has 0 aliphatic rings. The summed E-state index contributed by atoms with van der Waals surface area (Å²) in [5, 5.41) is 15.4. The van der Waals surface area contributed by atoms with Crippen LogP contribution in [0, 0.1) is 10.1 Å². The summed E-state index contributed by atoms with van der Waals surface area (Å²) in [5.41, 5.74) is 3.81. The summed E-state index contributed by atoms with van der Waals surface area (Å²) in [5.74, 6) is -1.02. The lowest BCUT2D eigenvalue weighted by atomic mass is 10.2. The number of hydrogen-bond acceptors (Lipinski definition) is 5. The summed E-state index contributed by atoms with van der Waals surface area (Å²) in [6, 6.07) is 2.61. The van der Waals surface area contributed by atoms with E-state index in [0.29, 0.717) is 6.07 Å². The Bertz CT molecular complexity index is 565. The predicted molar refractivity (Wildman–Crippen MR) is 53.0 cm³/mol. The van der Waals surface area contributed by atoms with Crippen LogP contribution in [0.1, 0.15) is 10.4 Å². The first-order valence-corrected chi connectivity index (χ1v) is 5.39. The van der Waals surface area contributed by atoms with Crippen LogP contribution in [0.25, 0.3) is 0 Å². The molecular formula is C7H7N3O5S. The molecule has 1 rings (SSSR count). The maximum atomic E-state index is 10.9. The van der Waals surface area contributed by atoms with Gasteiger partial charge in [-0.25, -0.2) is 13.6 Å². The average Bonchev–Trinajstić information content (AvgIpc) is 2.15. The molecule has 0 aliphatic carbocycles. The Balaban J connectivity index is 3.52. The van der Waals surface area contributed by atoms with Gasteiger partial charge in [0.15, 0.2) is 0 Å². The Morgan fingerprint density at radius 3 is 2.31 bits per heavy atom. The van der Waals surface area contributed by atoms with Crippen LogP contribution in [-0.4, -0.2) is 19.2 Å². The lowest BCUT2D eigenvalue weighted by molar-refractivity contribution is -0.385. The Kier molecular flexibility index (Phi) is 2.92. The van der Waals surface area contributed by atoms with E-state index in [1.165, 1.54) is 0 Å². The van der Waals surface area contributed by atoms with Crippen LogP contribution in [0.5, 0.6) is 0 Å². The van der Waals surface area contributed by atoms with Crippen molar-refractivity contribution in [1.82, 2.24) is 0 Å². The molecule has 0 heterocycles. The first kappa shape index (κ1) is 12.1. The number of primary amides is 1. The third-order valence-electron chi connectivity index (χ3n) is 1.76. The molecule has 0 unspecified atom stereocenters. The highest BCUT2D eigenvalue weighted by Crippen LogP contribution is 2.21. The molecule has 0 bridgehead atoms. The highest BCUT2D eigenvalue weighted by Gasteiger charge is 2.21. The van der Waals surface area contributed by atoms with Gasteiger partial charge >= 0.3 is 0 Å². The summed E-state index contributed by atoms with van der Waals surface area (Å²) in [4.78, 5) is 20.0. The van der Waals surface area contributed by atoms with Gasteiger partial charge in [-0.15, -0.1) is 0 Å². The summed E-state index contributed by atoms with van der Waals surface area (Å²) < 4.78 is 21.9. The van der Waals surface area contributed by atoms with Gasteiger partial charge in [-0.1, -0.05) is 0 Å². The standard InChI is InChI=1S/C7H7N3O5S/c8-7(11)5-2-1-4(16(9,14)15)3-6(5)10(12)13/h1-3H,(H2,8,11)(H2,9,14,15). The molecule has 0 saturated heterocycles. The predicted octanol–water partition coefficient (Wildman–Crippen LogP) is -0.659. The van der Waals surface area contributed by atoms with E-state index in [1.807, 2.05) is 0 Å². The van der Waals surface area contributed by atoms with E-state index >= 15 is 0 Å². The second-order valence-electron chi connectivity index (χ2n) is 2.85. The quantitative estimate of drug-likeness (QED) is 0.536. The van der Waals surface area contributed by atoms with Crippen molar-refractivity contribution in [3.63, 3.8) is 0 Å². The maximum Gasteiger partial charge on any atom is 0.283 e. The summed E-state index contributed by atoms with van der Waals surface area (Å²) in [7, 11) is -4.06. The highest BCUT2D eigenvalue weighted by molar-refractivity contribution is 7.89. The molecule has 0 radical (unpaired) electrons. The third-order valence-corrected chi connectivity index (χ3v) is 2.67. The maximum absolute atomic E-state index is 10.9. The number of nitrogens with two attached hydrogens (primary N) is 2. The Hall–Kier alpha value is -2.00. The number of sulfonamides is 1. The van der Waals surface area contributed by atoms with E-state index in [-0.39, 0.29) is 5.56 Å². The SMILES string of the molecule is NC(=O)c1ccc(S(N)(=O)=O)cc1[N+](=O)[O-]. The first-order valence-electron chi connectivity index (χ1n) is 3.84. The van der Waals surface area contributed by atoms with E-state index in [0.717, 1.165) is 12.1 Å². The van der Waals surface area contributed by atoms with Crippen molar-refractivity contribution in [2.75, 3.05) is 0 Å². The van der Waals surface area contributed by atoms with Crippen LogP contribution in [0.2, 0.25) is 0 Å². The van der Waals surface area contributed by atoms with Crippen molar-refractivity contribution in [2.24, 2.45) is 10.9 Å². The number of primary sulfonamides is 1. The topological polar surface area (TPSA) is 146 Å². The van der Waals surface area contributed by atoms with Crippen molar-refractivity contribution in [3.8, 4) is 0 Å². The number of rotatable bonds is 3. The van der Waals surface area contributed by atoms with Gasteiger partial charge in [-0.3, -0.25) is 14.9 Å². The summed E-state index contributed by atoms with van der Waals surface area (Å²) in [6.07, 6.45) is 0. The van der Waals surface area contributed by atoms with E-state index < -0.39 is 31.4 Å². The monoisotopic (exact) mass is 245 g/mol. The van der Waals surface area contributed by atoms with Crippen molar-refractivity contribution >= 4 is 21.6 Å². The van der Waals surface area contributed by atoms with Gasteiger partial charge in [0.1, 0.15) is 5.56 Å². The van der Waals surface area contributed by atoms with Crippen LogP contribution in [-0.2, 0) is 10.0 Å². The molecule has 1 amide bonds. The number of nitro groups is 1. The van der Waals surface area contributed by atoms with Crippen molar-refractivity contribution in [2.45, 2.75) is 4.90 Å². The zero-order chi connectivity index (χ0) is 12.5. The van der Waals surface area contributed by atoms with Crippen molar-refractivity contribution < 1.29 is 18.1 Å². The molecule has 0 atom stereocenters. The van der Waals surface area contributed by atoms with E-state index in [1.54, 1.807) is 0 Å². The molecule has 0 saturated carbocycles. The Morgan fingerprint density at radius 2 is 1.94 bits per heavy atom. The fraction of sp³-hybridized carbons (Fsp3) is 0. The van der Waals surface area contributed by atoms with Gasteiger partial charge in [-0.2, -0.15) is 0 Å². The Morgan fingerprint density at radius 1 is 1.38 bits per heavy atom. The minimum Gasteiger partial charge on any atom is -0.365 e. The molecule has 4 N–H and O–H groups in total. The summed E-state index contributed by atoms with van der Waals surface area (Å²) in [6.45, 7) is 0. The average molecular weight is 245 g/mol. The van der Waals surface area contributed by atoms with E-state index in [2.05, 4.69) is 0 Å². The van der Waals surface area contributed by atoms with Crippen LogP contribution in [0.3, 0.4) is 0 Å². The molecular weight excluding hydrogens is 238 g/mol. The van der Waals surface area contributed by atoms with Gasteiger partial charge in [0, 0.05) is 6.07 Å². The number of hydrogen-bond donors (Lipinski definition) is 2. The molecule has 1 aromatic rings. The number of benzene rings is 1. The molecule has 1 aromatic carbocycles. The molecule has 0 spiro atoms. The van der Waals surface area contributed by atoms with Gasteiger partial charge in [0.25, 0.3) is 11.6 Å². The van der Waals surface area contributed by atoms with Crippen LogP contribution >= 0.6 is 0 Å². The molecule has 86 valence electrons. The number of nitro benzene ring substituents is 1. The van der Waals surface area contributed by atoms with Gasteiger partial charge in [-0.05, 0) is 12.1 Å². The number of nitrogens with zero attached hydrogens (tertiary/aromatic N) is 1. The summed E-state index contributed by atoms with van der Waals surface area (Å²) >= 11 is 0. The fourth-order valence-electron chi connectivity index (χ4n) is 1.05. The van der Waals surface area contributed by atoms with Crippen molar-refractivity contribution in [3.05, 3.63) is 33.9 Å². The number of carbonyl (C=O) groups is 1. The van der Waals surface area contributed by atoms with E-state index in [9.17, 15) is 23.3 Å². The van der Waals surface area contributed by atoms with E-state index in [4.69, 9.17) is 10.9 Å². The molecule has 9 heteroatoms. The van der Waals surface area contributed by atoms with Gasteiger partial charge in [0.05, 0.1) is 9.82 Å². The fourth-order valence-corrected chi connectivity index (χ4v) is 1.58. The zero-order valence-electron chi connectivity index (χ0n) is 7.78. The van der Waals surface area contributed by atoms with Crippen molar-refractivity contribution in [1.29, 1.82) is 0 Å². The second kappa shape index (κ2) is 3.87. The van der Waals surface area contributed by atoms with Crippen LogP contribution < -0.4 is 10.9 Å². The minimum absolute atomic E-state index is 0.377. The van der Waals surface area contributed by atoms with Crippen LogP contribution in [0.15, 0.2) is 23.1 Å². The molecule has 16 heavy (non-hydrogen) atoms. The Labute approximate surface area is 90.1 Å². The largest absolute Gasteiger partial charge is 0.365 e. The lowest BCUT2D eigenvalue weighted by Gasteiger charge is -2.01. The molecule has 0 fully saturated rings. The highest BCUT2D eigenvalue weighted by atomic mass is 32.2.